The van der Waals surface area contributed by atoms with Crippen LogP contribution in [0.2, 0.25) is 5.02 Å². The third kappa shape index (κ3) is 2.35. The van der Waals surface area contributed by atoms with Crippen LogP contribution in [0.25, 0.3) is 10.8 Å². The third-order valence-corrected chi connectivity index (χ3v) is 3.04. The van der Waals surface area contributed by atoms with Crippen LogP contribution in [0.15, 0.2) is 29.1 Å². The highest BCUT2D eigenvalue weighted by Gasteiger charge is 2.06. The lowest BCUT2D eigenvalue weighted by Crippen LogP contribution is -2.24. The number of hydrogen-bond acceptors (Lipinski definition) is 2. The first-order valence-electron chi connectivity index (χ1n) is 5.42. The molecule has 1 aromatic heterocycles. The van der Waals surface area contributed by atoms with E-state index >= 15 is 0 Å². The molecule has 0 amide bonds. The molecule has 0 fully saturated rings. The van der Waals surface area contributed by atoms with Crippen molar-refractivity contribution in [1.29, 1.82) is 0 Å². The van der Waals surface area contributed by atoms with Gasteiger partial charge in [-0.05, 0) is 30.5 Å². The van der Waals surface area contributed by atoms with Crippen molar-refractivity contribution >= 4 is 22.4 Å². The van der Waals surface area contributed by atoms with Crippen LogP contribution in [0.3, 0.4) is 0 Å². The number of rotatable bonds is 3. The van der Waals surface area contributed by atoms with Gasteiger partial charge in [0.25, 0.3) is 5.56 Å². The summed E-state index contributed by atoms with van der Waals surface area (Å²) < 4.78 is 6.72. The summed E-state index contributed by atoms with van der Waals surface area (Å²) in [7, 11) is 1.62. The van der Waals surface area contributed by atoms with Gasteiger partial charge in [-0.3, -0.25) is 4.79 Å². The Balaban J connectivity index is 2.65. The number of aryl methyl sites for hydroxylation is 1. The van der Waals surface area contributed by atoms with Gasteiger partial charge >= 0.3 is 0 Å². The molecular weight excluding hydrogens is 238 g/mol. The predicted octanol–water partition coefficient (Wildman–Crippen LogP) is 2.61. The maximum atomic E-state index is 12.3. The zero-order valence-corrected chi connectivity index (χ0v) is 10.6. The fourth-order valence-electron chi connectivity index (χ4n) is 1.91. The van der Waals surface area contributed by atoms with Crippen LogP contribution in [-0.2, 0) is 11.3 Å². The Morgan fingerprint density at radius 3 is 2.82 bits per heavy atom. The number of halogens is 1. The standard InChI is InChI=1S/C13H14ClNO2/c1-9-7-10-3-4-11(14)8-12(10)13(16)15(9)5-6-17-2/h3-4,7-8H,5-6H2,1-2H3. The summed E-state index contributed by atoms with van der Waals surface area (Å²) in [6.45, 7) is 3.00. The predicted molar refractivity (Wildman–Crippen MR) is 69.8 cm³/mol. The molecule has 0 saturated carbocycles. The lowest BCUT2D eigenvalue weighted by Gasteiger charge is -2.11. The molecule has 3 nitrogen and oxygen atoms in total. The molecule has 1 aromatic carbocycles. The Bertz CT molecular complexity index is 604. The topological polar surface area (TPSA) is 31.2 Å². The van der Waals surface area contributed by atoms with Gasteiger partial charge in [-0.15, -0.1) is 0 Å². The van der Waals surface area contributed by atoms with Gasteiger partial charge < -0.3 is 9.30 Å². The molecule has 0 N–H and O–H groups in total. The number of fused-ring (bicyclic) bond motifs is 1. The second kappa shape index (κ2) is 4.90. The van der Waals surface area contributed by atoms with Gasteiger partial charge in [-0.25, -0.2) is 0 Å². The van der Waals surface area contributed by atoms with E-state index in [2.05, 4.69) is 0 Å². The highest BCUT2D eigenvalue weighted by Crippen LogP contribution is 2.17. The first kappa shape index (κ1) is 12.1. The number of nitrogens with zero attached hydrogens (tertiary/aromatic N) is 1. The molecule has 17 heavy (non-hydrogen) atoms. The summed E-state index contributed by atoms with van der Waals surface area (Å²) in [6, 6.07) is 7.36. The molecule has 0 aliphatic rings. The smallest absolute Gasteiger partial charge is 0.258 e. The second-order valence-electron chi connectivity index (χ2n) is 3.97. The van der Waals surface area contributed by atoms with Crippen molar-refractivity contribution in [3.8, 4) is 0 Å². The van der Waals surface area contributed by atoms with Gasteiger partial charge in [0, 0.05) is 29.8 Å². The average molecular weight is 252 g/mol. The summed E-state index contributed by atoms with van der Waals surface area (Å²) in [5.74, 6) is 0. The maximum Gasteiger partial charge on any atom is 0.258 e. The van der Waals surface area contributed by atoms with Crippen molar-refractivity contribution in [3.05, 3.63) is 45.3 Å². The molecule has 4 heteroatoms. The Morgan fingerprint density at radius 1 is 1.35 bits per heavy atom. The maximum absolute atomic E-state index is 12.3. The van der Waals surface area contributed by atoms with Crippen LogP contribution in [0.1, 0.15) is 5.69 Å². The van der Waals surface area contributed by atoms with Gasteiger partial charge in [0.15, 0.2) is 0 Å². The van der Waals surface area contributed by atoms with Crippen LogP contribution < -0.4 is 5.56 Å². The van der Waals surface area contributed by atoms with E-state index in [1.165, 1.54) is 0 Å². The molecule has 90 valence electrons. The van der Waals surface area contributed by atoms with Gasteiger partial charge in [-0.1, -0.05) is 17.7 Å². The molecular formula is C13H14ClNO2. The molecule has 2 aromatic rings. The minimum Gasteiger partial charge on any atom is -0.383 e. The summed E-state index contributed by atoms with van der Waals surface area (Å²) in [4.78, 5) is 12.3. The Kier molecular flexibility index (Phi) is 3.50. The lowest BCUT2D eigenvalue weighted by atomic mass is 10.1. The third-order valence-electron chi connectivity index (χ3n) is 2.80. The fraction of sp³-hybridized carbons (Fsp3) is 0.308. The first-order chi connectivity index (χ1) is 8.13. The Labute approximate surface area is 105 Å². The minimum atomic E-state index is -0.0143. The lowest BCUT2D eigenvalue weighted by molar-refractivity contribution is 0.185. The molecule has 0 bridgehead atoms. The quantitative estimate of drug-likeness (QED) is 0.840. The van der Waals surface area contributed by atoms with E-state index < -0.39 is 0 Å². The van der Waals surface area contributed by atoms with E-state index in [1.54, 1.807) is 23.8 Å². The van der Waals surface area contributed by atoms with Crippen LogP contribution in [0.4, 0.5) is 0 Å². The summed E-state index contributed by atoms with van der Waals surface area (Å²) >= 11 is 5.91. The van der Waals surface area contributed by atoms with E-state index in [0.29, 0.717) is 23.6 Å². The average Bonchev–Trinajstić information content (AvgIpc) is 2.30. The van der Waals surface area contributed by atoms with Gasteiger partial charge in [-0.2, -0.15) is 0 Å². The molecule has 0 atom stereocenters. The largest absolute Gasteiger partial charge is 0.383 e. The number of pyridine rings is 1. The van der Waals surface area contributed by atoms with Crippen LogP contribution in [-0.4, -0.2) is 18.3 Å². The highest BCUT2D eigenvalue weighted by atomic mass is 35.5. The molecule has 0 saturated heterocycles. The van der Waals surface area contributed by atoms with E-state index in [-0.39, 0.29) is 5.56 Å². The fourth-order valence-corrected chi connectivity index (χ4v) is 2.08. The van der Waals surface area contributed by atoms with E-state index in [0.717, 1.165) is 11.1 Å². The van der Waals surface area contributed by atoms with Crippen LogP contribution >= 0.6 is 11.6 Å². The van der Waals surface area contributed by atoms with E-state index in [9.17, 15) is 4.79 Å². The van der Waals surface area contributed by atoms with Gasteiger partial charge in [0.1, 0.15) is 0 Å². The van der Waals surface area contributed by atoms with Gasteiger partial charge in [0.05, 0.1) is 6.61 Å². The first-order valence-corrected chi connectivity index (χ1v) is 5.80. The molecule has 0 aliphatic carbocycles. The van der Waals surface area contributed by atoms with Crippen LogP contribution in [0, 0.1) is 6.92 Å². The minimum absolute atomic E-state index is 0.0143. The Hall–Kier alpha value is -1.32. The summed E-state index contributed by atoms with van der Waals surface area (Å²) in [5.41, 5.74) is 0.918. The number of methoxy groups -OCH3 is 1. The normalized spacial score (nSPS) is 11.0. The van der Waals surface area contributed by atoms with Crippen molar-refractivity contribution in [2.24, 2.45) is 0 Å². The van der Waals surface area contributed by atoms with Crippen molar-refractivity contribution in [1.82, 2.24) is 4.57 Å². The van der Waals surface area contributed by atoms with Crippen LogP contribution in [0.5, 0.6) is 0 Å². The van der Waals surface area contributed by atoms with E-state index in [4.69, 9.17) is 16.3 Å². The number of benzene rings is 1. The van der Waals surface area contributed by atoms with E-state index in [1.807, 2.05) is 19.1 Å². The molecule has 0 spiro atoms. The Morgan fingerprint density at radius 2 is 2.12 bits per heavy atom. The SMILES string of the molecule is COCCn1c(C)cc2ccc(Cl)cc2c1=O. The highest BCUT2D eigenvalue weighted by molar-refractivity contribution is 6.31. The van der Waals surface area contributed by atoms with Crippen molar-refractivity contribution in [2.45, 2.75) is 13.5 Å². The number of hydrogen-bond donors (Lipinski definition) is 0. The monoisotopic (exact) mass is 251 g/mol. The van der Waals surface area contributed by atoms with Crippen molar-refractivity contribution in [3.63, 3.8) is 0 Å². The zero-order chi connectivity index (χ0) is 12.4. The van der Waals surface area contributed by atoms with Crippen molar-refractivity contribution in [2.75, 3.05) is 13.7 Å². The molecule has 0 unspecified atom stereocenters. The second-order valence-corrected chi connectivity index (χ2v) is 4.40. The number of aromatic nitrogens is 1. The zero-order valence-electron chi connectivity index (χ0n) is 9.87. The molecule has 0 aliphatic heterocycles. The summed E-state index contributed by atoms with van der Waals surface area (Å²) in [6.07, 6.45) is 0. The van der Waals surface area contributed by atoms with Gasteiger partial charge in [0.2, 0.25) is 0 Å². The summed E-state index contributed by atoms with van der Waals surface area (Å²) in [5, 5.41) is 2.15. The van der Waals surface area contributed by atoms with Crippen molar-refractivity contribution < 1.29 is 4.74 Å². The molecule has 2 rings (SSSR count). The number of ether oxygens (including phenoxy) is 1. The molecule has 1 heterocycles. The molecule has 0 radical (unpaired) electrons.